The molecule has 1 aromatic heterocycles. The number of unbranched alkanes of at least 4 members (excludes halogenated alkanes) is 6. The molecule has 0 radical (unpaired) electrons. The molecule has 15 heteroatoms. The van der Waals surface area contributed by atoms with Gasteiger partial charge >= 0.3 is 11.9 Å². The van der Waals surface area contributed by atoms with Crippen LogP contribution in [0.4, 0.5) is 0 Å². The van der Waals surface area contributed by atoms with Crippen molar-refractivity contribution in [2.45, 2.75) is 143 Å². The van der Waals surface area contributed by atoms with Gasteiger partial charge in [0.15, 0.2) is 11.5 Å². The van der Waals surface area contributed by atoms with E-state index in [9.17, 15) is 43.5 Å². The molecule has 4 rings (SSSR count). The summed E-state index contributed by atoms with van der Waals surface area (Å²) in [6.45, 7) is 7.39. The van der Waals surface area contributed by atoms with Gasteiger partial charge in [-0.05, 0) is 44.2 Å². The smallest absolute Gasteiger partial charge is 0.328 e. The number of aryl methyl sites for hydroxylation is 1. The first kappa shape index (κ1) is 50.3. The lowest BCUT2D eigenvalue weighted by Crippen LogP contribution is -2.38. The molecule has 0 saturated carbocycles. The van der Waals surface area contributed by atoms with Crippen LogP contribution in [0.25, 0.3) is 10.9 Å². The summed E-state index contributed by atoms with van der Waals surface area (Å²) < 4.78 is 9.47. The van der Waals surface area contributed by atoms with Crippen LogP contribution in [0, 0.1) is 5.92 Å². The van der Waals surface area contributed by atoms with E-state index >= 15 is 0 Å². The van der Waals surface area contributed by atoms with Crippen LogP contribution in [0.3, 0.4) is 0 Å². The number of nitrogens with one attached hydrogen (secondary N) is 2. The Bertz CT molecular complexity index is 1670. The average Bonchev–Trinajstić information content (AvgIpc) is 3.79. The maximum absolute atomic E-state index is 12.0. The van der Waals surface area contributed by atoms with E-state index in [0.29, 0.717) is 56.4 Å². The van der Waals surface area contributed by atoms with Crippen LogP contribution < -0.4 is 10.7 Å². The van der Waals surface area contributed by atoms with Crippen LogP contribution in [0.5, 0.6) is 5.75 Å². The Balaban J connectivity index is 0.000000395. The van der Waals surface area contributed by atoms with Gasteiger partial charge < -0.3 is 35.1 Å². The SMILES string of the molecule is CC(=O)C(=O)C(O)CO.CCCC(=O)CC1CCOC1=O.CCCCCC(=O)CC(=O)N[C@H]1CCOC1=O.CCCCCCCc1[nH]c2ccccc2c(=O)c1O. The molecule has 0 spiro atoms. The fourth-order valence-electron chi connectivity index (χ4n) is 5.77. The average molecular weight is 803 g/mol. The molecule has 2 saturated heterocycles. The van der Waals surface area contributed by atoms with Crippen molar-refractivity contribution in [3.8, 4) is 5.75 Å². The zero-order chi connectivity index (χ0) is 42.8. The van der Waals surface area contributed by atoms with E-state index in [2.05, 4.69) is 24.1 Å². The fourth-order valence-corrected chi connectivity index (χ4v) is 5.77. The number of aliphatic hydroxyl groups is 2. The maximum atomic E-state index is 12.0. The molecule has 2 aliphatic rings. The van der Waals surface area contributed by atoms with Gasteiger partial charge in [-0.25, -0.2) is 4.79 Å². The third-order valence-electron chi connectivity index (χ3n) is 9.05. The van der Waals surface area contributed by atoms with Crippen LogP contribution in [-0.2, 0) is 49.5 Å². The number of carbonyl (C=O) groups excluding carboxylic acids is 7. The number of H-pyrrole nitrogens is 1. The summed E-state index contributed by atoms with van der Waals surface area (Å²) in [4.78, 5) is 91.6. The van der Waals surface area contributed by atoms with Gasteiger partial charge in [0.05, 0.1) is 37.9 Å². The summed E-state index contributed by atoms with van der Waals surface area (Å²) in [6.07, 6.45) is 11.3. The summed E-state index contributed by atoms with van der Waals surface area (Å²) >= 11 is 0. The van der Waals surface area contributed by atoms with E-state index in [-0.39, 0.29) is 47.0 Å². The number of pyridine rings is 1. The number of esters is 2. The maximum Gasteiger partial charge on any atom is 0.328 e. The number of rotatable bonds is 20. The second-order valence-electron chi connectivity index (χ2n) is 14.0. The number of aromatic amines is 1. The zero-order valence-electron chi connectivity index (χ0n) is 33.9. The third kappa shape index (κ3) is 19.8. The molecule has 0 aliphatic carbocycles. The molecule has 15 nitrogen and oxygen atoms in total. The number of hydrogen-bond acceptors (Lipinski definition) is 13. The number of Topliss-reactive ketones (excluding diaryl/α,β-unsaturated/α-hetero) is 4. The molecule has 3 heterocycles. The van der Waals surface area contributed by atoms with Gasteiger partial charge in [-0.2, -0.15) is 0 Å². The first-order valence-electron chi connectivity index (χ1n) is 20.0. The first-order chi connectivity index (χ1) is 27.2. The van der Waals surface area contributed by atoms with E-state index in [1.54, 1.807) is 12.1 Å². The Hall–Kier alpha value is -4.76. The molecule has 0 bridgehead atoms. The van der Waals surface area contributed by atoms with Crippen molar-refractivity contribution in [2.75, 3.05) is 19.8 Å². The quantitative estimate of drug-likeness (QED) is 0.0536. The minimum atomic E-state index is -1.54. The molecule has 1 aromatic carbocycles. The number of amides is 1. The number of hydrogen-bond donors (Lipinski definition) is 5. The first-order valence-corrected chi connectivity index (χ1v) is 20.0. The highest BCUT2D eigenvalue weighted by Crippen LogP contribution is 2.20. The monoisotopic (exact) mass is 802 g/mol. The highest BCUT2D eigenvalue weighted by molar-refractivity contribution is 6.37. The predicted octanol–water partition coefficient (Wildman–Crippen LogP) is 4.51. The van der Waals surface area contributed by atoms with Gasteiger partial charge in [0, 0.05) is 43.5 Å². The normalized spacial score (nSPS) is 16.0. The molecule has 318 valence electrons. The van der Waals surface area contributed by atoms with E-state index in [1.807, 2.05) is 19.1 Å². The topological polar surface area (TPSA) is 244 Å². The van der Waals surface area contributed by atoms with Crippen molar-refractivity contribution in [1.82, 2.24) is 10.3 Å². The summed E-state index contributed by atoms with van der Waals surface area (Å²) in [6, 6.07) is 6.74. The van der Waals surface area contributed by atoms with Gasteiger partial charge in [0.1, 0.15) is 23.7 Å². The van der Waals surface area contributed by atoms with E-state index in [0.717, 1.165) is 57.4 Å². The molecule has 2 fully saturated rings. The Kier molecular flexibility index (Phi) is 25.2. The van der Waals surface area contributed by atoms with Crippen molar-refractivity contribution in [2.24, 2.45) is 5.92 Å². The van der Waals surface area contributed by atoms with Gasteiger partial charge in [-0.1, -0.05) is 71.4 Å². The number of aromatic nitrogens is 1. The fraction of sp³-hybridized carbons (Fsp3) is 0.619. The molecule has 2 aliphatic heterocycles. The van der Waals surface area contributed by atoms with E-state index < -0.39 is 36.3 Å². The van der Waals surface area contributed by atoms with Crippen LogP contribution in [0.15, 0.2) is 29.1 Å². The number of benzene rings is 1. The summed E-state index contributed by atoms with van der Waals surface area (Å²) in [5, 5.41) is 29.6. The second-order valence-corrected chi connectivity index (χ2v) is 14.0. The molecule has 57 heavy (non-hydrogen) atoms. The molecular formula is C42H62N2O13. The number of aliphatic hydroxyl groups excluding tert-OH is 2. The Morgan fingerprint density at radius 3 is 2.02 bits per heavy atom. The number of ether oxygens (including phenoxy) is 2. The van der Waals surface area contributed by atoms with E-state index in [4.69, 9.17) is 19.7 Å². The standard InChI is InChI=1S/C16H21NO2.C12H19NO4.C9H14O3.C5H8O4/c1-2-3-4-5-6-11-14-16(19)15(18)12-9-7-8-10-13(12)17-14;1-2-3-4-5-9(14)8-11(15)13-10-6-7-17-12(10)16;1-2-3-8(10)6-7-4-5-12-9(7)11;1-3(7)5(9)4(8)2-6/h7-10,19H,2-6,11H2,1H3,(H,17,18);10H,2-8H2,1H3,(H,13,15);7H,2-6H2,1H3;4,6,8H,2H2,1H3/t;10-;;/m.0../s1. The second kappa shape index (κ2) is 28.6. The summed E-state index contributed by atoms with van der Waals surface area (Å²) in [5.74, 6) is -2.82. The third-order valence-corrected chi connectivity index (χ3v) is 9.05. The Morgan fingerprint density at radius 1 is 0.825 bits per heavy atom. The molecule has 1 amide bonds. The Morgan fingerprint density at radius 2 is 1.46 bits per heavy atom. The number of ketones is 4. The number of para-hydroxylation sites is 1. The van der Waals surface area contributed by atoms with Gasteiger partial charge in [0.25, 0.3) is 0 Å². The van der Waals surface area contributed by atoms with Crippen molar-refractivity contribution < 1.29 is 58.4 Å². The number of fused-ring (bicyclic) bond motifs is 1. The molecule has 3 atom stereocenters. The summed E-state index contributed by atoms with van der Waals surface area (Å²) in [7, 11) is 0. The molecule has 2 aromatic rings. The lowest BCUT2D eigenvalue weighted by atomic mass is 9.99. The lowest BCUT2D eigenvalue weighted by molar-refractivity contribution is -0.142. The van der Waals surface area contributed by atoms with Crippen LogP contribution in [0.1, 0.15) is 130 Å². The van der Waals surface area contributed by atoms with Gasteiger partial charge in [0.2, 0.25) is 17.1 Å². The van der Waals surface area contributed by atoms with Crippen molar-refractivity contribution >= 4 is 51.9 Å². The largest absolute Gasteiger partial charge is 0.503 e. The van der Waals surface area contributed by atoms with Gasteiger partial charge in [-0.3, -0.25) is 33.6 Å². The highest BCUT2D eigenvalue weighted by atomic mass is 16.5. The number of carbonyl (C=O) groups is 7. The number of aromatic hydroxyl groups is 1. The highest BCUT2D eigenvalue weighted by Gasteiger charge is 2.29. The van der Waals surface area contributed by atoms with E-state index in [1.165, 1.54) is 19.3 Å². The minimum Gasteiger partial charge on any atom is -0.503 e. The van der Waals surface area contributed by atoms with Crippen LogP contribution in [0.2, 0.25) is 0 Å². The summed E-state index contributed by atoms with van der Waals surface area (Å²) in [5.41, 5.74) is 1.20. The Labute approximate surface area is 334 Å². The van der Waals surface area contributed by atoms with Crippen LogP contribution >= 0.6 is 0 Å². The van der Waals surface area contributed by atoms with Crippen molar-refractivity contribution in [1.29, 1.82) is 0 Å². The molecule has 5 N–H and O–H groups in total. The van der Waals surface area contributed by atoms with Crippen LogP contribution in [-0.4, -0.2) is 93.2 Å². The molecular weight excluding hydrogens is 740 g/mol. The van der Waals surface area contributed by atoms with Gasteiger partial charge in [-0.15, -0.1) is 0 Å². The molecule has 2 unspecified atom stereocenters. The predicted molar refractivity (Wildman–Crippen MR) is 212 cm³/mol. The number of cyclic esters (lactones) is 2. The minimum absolute atomic E-state index is 0.0673. The zero-order valence-corrected chi connectivity index (χ0v) is 33.9. The lowest BCUT2D eigenvalue weighted by Gasteiger charge is -2.08. The van der Waals surface area contributed by atoms with Crippen molar-refractivity contribution in [3.05, 3.63) is 40.2 Å². The van der Waals surface area contributed by atoms with Crippen molar-refractivity contribution in [3.63, 3.8) is 0 Å².